The number of rotatable bonds is 5. The number of aryl methyl sites for hydroxylation is 1. The first-order valence-electron chi connectivity index (χ1n) is 9.52. The van der Waals surface area contributed by atoms with Gasteiger partial charge in [-0.1, -0.05) is 29.3 Å². The summed E-state index contributed by atoms with van der Waals surface area (Å²) in [5.74, 6) is -0.362. The van der Waals surface area contributed by atoms with Crippen LogP contribution < -0.4 is 4.90 Å². The first-order valence-corrected chi connectivity index (χ1v) is 12.2. The standard InChI is InChI=1S/C21H21ClFN3O2S2/c1-15-2-4-20(5-3-15)30(27,28)26-8-6-25(7-9-26)21-24-19(14-29-21)12-16-10-17(22)13-18(23)11-16/h2-5,10-11,13-14H,6-9,12H2,1H3. The first-order chi connectivity index (χ1) is 14.3. The Bertz CT molecular complexity index is 1120. The topological polar surface area (TPSA) is 53.5 Å². The number of thiazole rings is 1. The number of hydrogen-bond acceptors (Lipinski definition) is 5. The third kappa shape index (κ3) is 4.67. The van der Waals surface area contributed by atoms with Gasteiger partial charge in [0.25, 0.3) is 0 Å². The first kappa shape index (κ1) is 21.2. The Balaban J connectivity index is 1.40. The average molecular weight is 466 g/mol. The molecule has 0 N–H and O–H groups in total. The highest BCUT2D eigenvalue weighted by Gasteiger charge is 2.29. The van der Waals surface area contributed by atoms with Crippen molar-refractivity contribution in [1.82, 2.24) is 9.29 Å². The molecule has 0 atom stereocenters. The Morgan fingerprint density at radius 3 is 2.47 bits per heavy atom. The van der Waals surface area contributed by atoms with Crippen molar-refractivity contribution in [2.45, 2.75) is 18.2 Å². The summed E-state index contributed by atoms with van der Waals surface area (Å²) in [5.41, 5.74) is 2.64. The number of hydrogen-bond donors (Lipinski definition) is 0. The molecule has 0 radical (unpaired) electrons. The molecular formula is C21H21ClFN3O2S2. The molecule has 1 aliphatic heterocycles. The van der Waals surface area contributed by atoms with E-state index in [0.717, 1.165) is 22.0 Å². The van der Waals surface area contributed by atoms with Gasteiger partial charge in [-0.25, -0.2) is 17.8 Å². The van der Waals surface area contributed by atoms with Gasteiger partial charge in [0.15, 0.2) is 5.13 Å². The summed E-state index contributed by atoms with van der Waals surface area (Å²) in [7, 11) is -3.49. The van der Waals surface area contributed by atoms with E-state index in [9.17, 15) is 12.8 Å². The molecule has 5 nitrogen and oxygen atoms in total. The second kappa shape index (κ2) is 8.63. The molecule has 0 amide bonds. The van der Waals surface area contributed by atoms with Crippen molar-refractivity contribution in [1.29, 1.82) is 0 Å². The monoisotopic (exact) mass is 465 g/mol. The van der Waals surface area contributed by atoms with Crippen molar-refractivity contribution in [3.63, 3.8) is 0 Å². The van der Waals surface area contributed by atoms with Crippen LogP contribution in [0.1, 0.15) is 16.8 Å². The van der Waals surface area contributed by atoms with Crippen molar-refractivity contribution in [3.8, 4) is 0 Å². The van der Waals surface area contributed by atoms with E-state index < -0.39 is 10.0 Å². The predicted octanol–water partition coefficient (Wildman–Crippen LogP) is 4.35. The Labute approximate surface area is 184 Å². The molecule has 0 bridgehead atoms. The number of sulfonamides is 1. The van der Waals surface area contributed by atoms with E-state index >= 15 is 0 Å². The lowest BCUT2D eigenvalue weighted by Gasteiger charge is -2.33. The SMILES string of the molecule is Cc1ccc(S(=O)(=O)N2CCN(c3nc(Cc4cc(F)cc(Cl)c4)cs3)CC2)cc1. The van der Waals surface area contributed by atoms with Crippen LogP contribution in [0.4, 0.5) is 9.52 Å². The minimum Gasteiger partial charge on any atom is -0.345 e. The van der Waals surface area contributed by atoms with Crippen molar-refractivity contribution in [3.05, 3.63) is 75.5 Å². The summed E-state index contributed by atoms with van der Waals surface area (Å²) in [6.45, 7) is 3.89. The summed E-state index contributed by atoms with van der Waals surface area (Å²) < 4.78 is 40.8. The van der Waals surface area contributed by atoms with Crippen LogP contribution in [0.5, 0.6) is 0 Å². The van der Waals surface area contributed by atoms with Gasteiger partial charge in [-0.15, -0.1) is 11.3 Å². The lowest BCUT2D eigenvalue weighted by Crippen LogP contribution is -2.48. The van der Waals surface area contributed by atoms with E-state index in [-0.39, 0.29) is 5.82 Å². The summed E-state index contributed by atoms with van der Waals surface area (Å²) in [6, 6.07) is 11.4. The van der Waals surface area contributed by atoms with Gasteiger partial charge in [0.2, 0.25) is 10.0 Å². The van der Waals surface area contributed by atoms with Gasteiger partial charge in [0, 0.05) is 43.0 Å². The zero-order valence-corrected chi connectivity index (χ0v) is 18.8. The lowest BCUT2D eigenvalue weighted by atomic mass is 10.1. The zero-order chi connectivity index (χ0) is 21.3. The minimum atomic E-state index is -3.49. The average Bonchev–Trinajstić information content (AvgIpc) is 3.16. The zero-order valence-electron chi connectivity index (χ0n) is 16.4. The molecule has 0 saturated carbocycles. The lowest BCUT2D eigenvalue weighted by molar-refractivity contribution is 0.384. The van der Waals surface area contributed by atoms with Gasteiger partial charge >= 0.3 is 0 Å². The van der Waals surface area contributed by atoms with Crippen LogP contribution in [0.2, 0.25) is 5.02 Å². The summed E-state index contributed by atoms with van der Waals surface area (Å²) in [4.78, 5) is 7.07. The van der Waals surface area contributed by atoms with Crippen LogP contribution in [-0.2, 0) is 16.4 Å². The van der Waals surface area contributed by atoms with Gasteiger partial charge in [-0.3, -0.25) is 0 Å². The van der Waals surface area contributed by atoms with E-state index in [1.807, 2.05) is 24.4 Å². The molecule has 0 spiro atoms. The number of aromatic nitrogens is 1. The van der Waals surface area contributed by atoms with E-state index in [4.69, 9.17) is 11.6 Å². The second-order valence-electron chi connectivity index (χ2n) is 7.28. The van der Waals surface area contributed by atoms with Crippen molar-refractivity contribution in [2.24, 2.45) is 0 Å². The van der Waals surface area contributed by atoms with Gasteiger partial charge < -0.3 is 4.90 Å². The Kier molecular flexibility index (Phi) is 6.11. The van der Waals surface area contributed by atoms with Gasteiger partial charge in [-0.2, -0.15) is 4.31 Å². The quantitative estimate of drug-likeness (QED) is 0.562. The van der Waals surface area contributed by atoms with Gasteiger partial charge in [-0.05, 0) is 42.8 Å². The number of anilines is 1. The molecule has 0 aliphatic carbocycles. The highest BCUT2D eigenvalue weighted by atomic mass is 35.5. The summed E-state index contributed by atoms with van der Waals surface area (Å²) in [5, 5.41) is 3.16. The Hall–Kier alpha value is -2.00. The molecule has 1 aromatic heterocycles. The van der Waals surface area contributed by atoms with E-state index in [0.29, 0.717) is 42.5 Å². The molecule has 158 valence electrons. The largest absolute Gasteiger partial charge is 0.345 e. The fourth-order valence-electron chi connectivity index (χ4n) is 3.42. The molecule has 4 rings (SSSR count). The number of nitrogens with zero attached hydrogens (tertiary/aromatic N) is 3. The number of halogens is 2. The van der Waals surface area contributed by atoms with Crippen LogP contribution in [0, 0.1) is 12.7 Å². The van der Waals surface area contributed by atoms with Crippen molar-refractivity contribution >= 4 is 38.1 Å². The van der Waals surface area contributed by atoms with Crippen LogP contribution in [0.3, 0.4) is 0 Å². The molecule has 2 heterocycles. The molecule has 1 saturated heterocycles. The van der Waals surface area contributed by atoms with E-state index in [1.54, 1.807) is 18.2 Å². The predicted molar refractivity (Wildman–Crippen MR) is 118 cm³/mol. The van der Waals surface area contributed by atoms with Crippen molar-refractivity contribution in [2.75, 3.05) is 31.1 Å². The summed E-state index contributed by atoms with van der Waals surface area (Å²) in [6.07, 6.45) is 0.496. The molecule has 1 aliphatic rings. The third-order valence-corrected chi connectivity index (χ3v) is 8.10. The molecule has 30 heavy (non-hydrogen) atoms. The van der Waals surface area contributed by atoms with Crippen LogP contribution >= 0.6 is 22.9 Å². The van der Waals surface area contributed by atoms with Gasteiger partial charge in [0.1, 0.15) is 5.82 Å². The van der Waals surface area contributed by atoms with Crippen LogP contribution in [0.15, 0.2) is 52.7 Å². The highest BCUT2D eigenvalue weighted by Crippen LogP contribution is 2.26. The Morgan fingerprint density at radius 1 is 1.10 bits per heavy atom. The molecule has 1 fully saturated rings. The fraction of sp³-hybridized carbons (Fsp3) is 0.286. The fourth-order valence-corrected chi connectivity index (χ4v) is 5.97. The molecule has 2 aromatic carbocycles. The maximum absolute atomic E-state index is 13.5. The molecule has 9 heteroatoms. The molecular weight excluding hydrogens is 445 g/mol. The Morgan fingerprint density at radius 2 is 1.80 bits per heavy atom. The highest BCUT2D eigenvalue weighted by molar-refractivity contribution is 7.89. The third-order valence-electron chi connectivity index (χ3n) is 5.02. The molecule has 0 unspecified atom stereocenters. The number of benzene rings is 2. The maximum Gasteiger partial charge on any atom is 0.243 e. The smallest absolute Gasteiger partial charge is 0.243 e. The van der Waals surface area contributed by atoms with E-state index in [2.05, 4.69) is 9.88 Å². The van der Waals surface area contributed by atoms with Crippen LogP contribution in [-0.4, -0.2) is 43.9 Å². The number of piperazine rings is 1. The maximum atomic E-state index is 13.5. The minimum absolute atomic E-state index is 0.326. The van der Waals surface area contributed by atoms with Crippen molar-refractivity contribution < 1.29 is 12.8 Å². The summed E-state index contributed by atoms with van der Waals surface area (Å²) >= 11 is 7.44. The normalized spacial score (nSPS) is 15.5. The molecule has 3 aromatic rings. The second-order valence-corrected chi connectivity index (χ2v) is 10.5. The van der Waals surface area contributed by atoms with Crippen LogP contribution in [0.25, 0.3) is 0 Å². The van der Waals surface area contributed by atoms with Gasteiger partial charge in [0.05, 0.1) is 10.6 Å². The van der Waals surface area contributed by atoms with E-state index in [1.165, 1.54) is 27.8 Å².